The topological polar surface area (TPSA) is 35.5 Å². The molecule has 2 atom stereocenters. The zero-order chi connectivity index (χ0) is 18.4. The minimum absolute atomic E-state index is 0. The first-order valence-corrected chi connectivity index (χ1v) is 8.94. The van der Waals surface area contributed by atoms with Crippen LogP contribution in [0.2, 0.25) is 0 Å². The molecule has 2 rings (SSSR count). The SMILES string of the molecule is CCOP(c1ccc(OC(C)C(=O)c2ccccc2)cc1)C(F)(F)F.[LiH]. The van der Waals surface area contributed by atoms with Gasteiger partial charge in [0.05, 0.1) is 0 Å². The summed E-state index contributed by atoms with van der Waals surface area (Å²) in [4.78, 5) is 12.3. The van der Waals surface area contributed by atoms with Gasteiger partial charge in [-0.3, -0.25) is 4.79 Å². The third-order valence-electron chi connectivity index (χ3n) is 3.30. The van der Waals surface area contributed by atoms with Crippen LogP contribution >= 0.6 is 8.15 Å². The van der Waals surface area contributed by atoms with Crippen LogP contribution in [-0.2, 0) is 4.52 Å². The van der Waals surface area contributed by atoms with Crippen molar-refractivity contribution in [3.63, 3.8) is 0 Å². The van der Waals surface area contributed by atoms with Crippen LogP contribution in [0.4, 0.5) is 13.2 Å². The average Bonchev–Trinajstić information content (AvgIpc) is 2.59. The summed E-state index contributed by atoms with van der Waals surface area (Å²) >= 11 is 0. The van der Waals surface area contributed by atoms with Gasteiger partial charge < -0.3 is 9.26 Å². The van der Waals surface area contributed by atoms with Crippen molar-refractivity contribution in [1.82, 2.24) is 0 Å². The number of ether oxygens (including phenoxy) is 1. The van der Waals surface area contributed by atoms with Crippen molar-refractivity contribution in [3.05, 3.63) is 60.2 Å². The van der Waals surface area contributed by atoms with E-state index in [4.69, 9.17) is 9.26 Å². The normalized spacial score (nSPS) is 13.4. The summed E-state index contributed by atoms with van der Waals surface area (Å²) in [6.45, 7) is 3.10. The van der Waals surface area contributed by atoms with Crippen LogP contribution in [0.5, 0.6) is 5.75 Å². The molecule has 3 nitrogen and oxygen atoms in total. The van der Waals surface area contributed by atoms with Crippen molar-refractivity contribution in [2.24, 2.45) is 0 Å². The van der Waals surface area contributed by atoms with E-state index in [0.717, 1.165) is 0 Å². The molecule has 2 unspecified atom stereocenters. The van der Waals surface area contributed by atoms with Crippen LogP contribution in [-0.4, -0.2) is 43.3 Å². The minimum atomic E-state index is -4.43. The zero-order valence-electron chi connectivity index (χ0n) is 13.8. The van der Waals surface area contributed by atoms with Crippen LogP contribution in [0.15, 0.2) is 54.6 Å². The summed E-state index contributed by atoms with van der Waals surface area (Å²) in [6.07, 6.45) is -0.746. The number of ketones is 1. The molecule has 136 valence electrons. The molecule has 26 heavy (non-hydrogen) atoms. The van der Waals surface area contributed by atoms with Gasteiger partial charge in [0.25, 0.3) is 0 Å². The Balaban J connectivity index is 0.00000338. The summed E-state index contributed by atoms with van der Waals surface area (Å²) in [5.74, 6) is -4.30. The molecule has 2 aromatic rings. The van der Waals surface area contributed by atoms with Gasteiger partial charge in [-0.15, -0.1) is 0 Å². The standard InChI is InChI=1S/C18H18F3O3P.Li.H/c1-3-23-25(18(19,20)21)16-11-9-15(10-12-16)24-13(2)17(22)14-7-5-4-6-8-14;;/h4-13H,3H2,1-2H3;;. The number of Topliss-reactive ketones (excluding diaryl/α,β-unsaturated/α-hetero) is 1. The molecule has 0 aliphatic rings. The second kappa shape index (κ2) is 10.1. The van der Waals surface area contributed by atoms with E-state index < -0.39 is 20.2 Å². The number of rotatable bonds is 7. The van der Waals surface area contributed by atoms with Crippen LogP contribution in [0.3, 0.4) is 0 Å². The van der Waals surface area contributed by atoms with Gasteiger partial charge in [0, 0.05) is 17.5 Å². The summed E-state index contributed by atoms with van der Waals surface area (Å²) in [5.41, 5.74) is 0.517. The first-order valence-electron chi connectivity index (χ1n) is 7.68. The Bertz CT molecular complexity index is 693. The van der Waals surface area contributed by atoms with Gasteiger partial charge in [-0.25, -0.2) is 0 Å². The molecule has 0 saturated carbocycles. The predicted molar refractivity (Wildman–Crippen MR) is 98.7 cm³/mol. The van der Waals surface area contributed by atoms with Gasteiger partial charge in [0.2, 0.25) is 5.78 Å². The van der Waals surface area contributed by atoms with Gasteiger partial charge in [0.15, 0.2) is 14.3 Å². The zero-order valence-corrected chi connectivity index (χ0v) is 14.7. The molecule has 0 amide bonds. The molecule has 0 fully saturated rings. The first-order chi connectivity index (χ1) is 11.8. The Morgan fingerprint density at radius 3 is 2.15 bits per heavy atom. The van der Waals surface area contributed by atoms with Crippen molar-refractivity contribution in [3.8, 4) is 5.75 Å². The second-order valence-corrected chi connectivity index (χ2v) is 7.03. The molecule has 0 aromatic heterocycles. The van der Waals surface area contributed by atoms with Gasteiger partial charge in [0.1, 0.15) is 5.75 Å². The molecule has 0 heterocycles. The number of carbonyl (C=O) groups excluding carboxylic acids is 1. The second-order valence-electron chi connectivity index (χ2n) is 5.16. The average molecular weight is 378 g/mol. The van der Waals surface area contributed by atoms with Crippen molar-refractivity contribution in [2.45, 2.75) is 25.9 Å². The van der Waals surface area contributed by atoms with E-state index in [1.54, 1.807) is 37.3 Å². The van der Waals surface area contributed by atoms with Crippen molar-refractivity contribution < 1.29 is 27.2 Å². The van der Waals surface area contributed by atoms with E-state index >= 15 is 0 Å². The maximum absolute atomic E-state index is 13.0. The van der Waals surface area contributed by atoms with Crippen LogP contribution in [0, 0.1) is 0 Å². The van der Waals surface area contributed by atoms with Crippen molar-refractivity contribution in [2.75, 3.05) is 6.61 Å². The number of hydrogen-bond donors (Lipinski definition) is 0. The summed E-state index contributed by atoms with van der Waals surface area (Å²) < 4.78 is 49.5. The molecule has 0 radical (unpaired) electrons. The van der Waals surface area contributed by atoms with E-state index in [1.165, 1.54) is 31.2 Å². The van der Waals surface area contributed by atoms with E-state index in [9.17, 15) is 18.0 Å². The molecule has 0 bridgehead atoms. The predicted octanol–water partition coefficient (Wildman–Crippen LogP) is 4.27. The third kappa shape index (κ3) is 6.14. The number of benzene rings is 2. The molecule has 0 saturated heterocycles. The van der Waals surface area contributed by atoms with Crippen molar-refractivity contribution >= 4 is 38.1 Å². The summed E-state index contributed by atoms with van der Waals surface area (Å²) in [5, 5.41) is 0.0544. The molecule has 0 spiro atoms. The van der Waals surface area contributed by atoms with Gasteiger partial charge in [-0.1, -0.05) is 30.3 Å². The Morgan fingerprint density at radius 1 is 1.08 bits per heavy atom. The fraction of sp³-hybridized carbons (Fsp3) is 0.278. The van der Waals surface area contributed by atoms with Crippen LogP contribution in [0.1, 0.15) is 24.2 Å². The quantitative estimate of drug-likeness (QED) is 0.410. The first kappa shape index (κ1) is 22.7. The van der Waals surface area contributed by atoms with Gasteiger partial charge in [-0.05, 0) is 38.1 Å². The molecule has 0 aliphatic carbocycles. The number of carbonyl (C=O) groups is 1. The Morgan fingerprint density at radius 2 is 1.65 bits per heavy atom. The maximum atomic E-state index is 13.0. The molecule has 2 aromatic carbocycles. The van der Waals surface area contributed by atoms with E-state index in [-0.39, 0.29) is 36.6 Å². The third-order valence-corrected chi connectivity index (χ3v) is 5.04. The van der Waals surface area contributed by atoms with E-state index in [1.807, 2.05) is 0 Å². The monoisotopic (exact) mass is 378 g/mol. The van der Waals surface area contributed by atoms with Gasteiger partial charge >= 0.3 is 24.8 Å². The van der Waals surface area contributed by atoms with E-state index in [0.29, 0.717) is 11.3 Å². The molecule has 8 heteroatoms. The van der Waals surface area contributed by atoms with E-state index in [2.05, 4.69) is 0 Å². The Labute approximate surface area is 163 Å². The Kier molecular flexibility index (Phi) is 8.86. The fourth-order valence-corrected chi connectivity index (χ4v) is 3.44. The summed E-state index contributed by atoms with van der Waals surface area (Å²) in [7, 11) is -2.70. The molecule has 0 aliphatic heterocycles. The van der Waals surface area contributed by atoms with Crippen LogP contribution in [0.25, 0.3) is 0 Å². The molecular weight excluding hydrogens is 359 g/mol. The Hall–Kier alpha value is -1.31. The molecular formula is C18H19F3LiO3P. The number of halogens is 3. The number of alkyl halides is 3. The van der Waals surface area contributed by atoms with Crippen molar-refractivity contribution in [1.29, 1.82) is 0 Å². The fourth-order valence-electron chi connectivity index (χ4n) is 2.18. The summed E-state index contributed by atoms with van der Waals surface area (Å²) in [6, 6.07) is 14.2. The molecule has 0 N–H and O–H groups in total. The van der Waals surface area contributed by atoms with Gasteiger partial charge in [-0.2, -0.15) is 13.2 Å². The van der Waals surface area contributed by atoms with Crippen LogP contribution < -0.4 is 10.0 Å². The number of hydrogen-bond acceptors (Lipinski definition) is 3.